The molecule has 152 valence electrons. The quantitative estimate of drug-likeness (QED) is 0.558. The predicted octanol–water partition coefficient (Wildman–Crippen LogP) is 3.81. The molecule has 0 aliphatic heterocycles. The van der Waals surface area contributed by atoms with Crippen molar-refractivity contribution < 1.29 is 18.8 Å². The van der Waals surface area contributed by atoms with Crippen molar-refractivity contribution in [3.05, 3.63) is 83.8 Å². The Morgan fingerprint density at radius 1 is 0.833 bits per heavy atom. The standard InChI is InChI=1S/C23H21N3O4/c27-21(16-7-11-19(12-8-16)25-22(28)17-5-6-17)24-14-15-3-9-18(10-4-15)26-23(29)20-2-1-13-30-20/h1-4,7-13,17H,5-6,14H2,(H,24,27)(H,25,28)(H,26,29). The van der Waals surface area contributed by atoms with Gasteiger partial charge < -0.3 is 20.4 Å². The molecule has 3 amide bonds. The van der Waals surface area contributed by atoms with Gasteiger partial charge in [-0.1, -0.05) is 12.1 Å². The van der Waals surface area contributed by atoms with E-state index in [0.29, 0.717) is 23.5 Å². The monoisotopic (exact) mass is 403 g/mol. The largest absolute Gasteiger partial charge is 0.459 e. The highest BCUT2D eigenvalue weighted by Crippen LogP contribution is 2.30. The molecule has 1 heterocycles. The molecule has 4 rings (SSSR count). The van der Waals surface area contributed by atoms with Crippen molar-refractivity contribution in [3.63, 3.8) is 0 Å². The molecule has 0 spiro atoms. The van der Waals surface area contributed by atoms with Crippen LogP contribution < -0.4 is 16.0 Å². The summed E-state index contributed by atoms with van der Waals surface area (Å²) in [6, 6.07) is 17.3. The molecule has 3 aromatic rings. The number of furan rings is 1. The zero-order chi connectivity index (χ0) is 20.9. The van der Waals surface area contributed by atoms with Crippen molar-refractivity contribution in [2.75, 3.05) is 10.6 Å². The Hall–Kier alpha value is -3.87. The molecule has 30 heavy (non-hydrogen) atoms. The number of carbonyl (C=O) groups excluding carboxylic acids is 3. The van der Waals surface area contributed by atoms with E-state index in [9.17, 15) is 14.4 Å². The van der Waals surface area contributed by atoms with Gasteiger partial charge in [-0.05, 0) is 66.9 Å². The molecule has 0 bridgehead atoms. The maximum atomic E-state index is 12.3. The normalized spacial score (nSPS) is 12.8. The molecule has 0 saturated heterocycles. The fraction of sp³-hybridized carbons (Fsp3) is 0.174. The van der Waals surface area contributed by atoms with E-state index in [4.69, 9.17) is 4.42 Å². The molecule has 3 N–H and O–H groups in total. The molecule has 7 heteroatoms. The van der Waals surface area contributed by atoms with Crippen molar-refractivity contribution in [2.45, 2.75) is 19.4 Å². The Morgan fingerprint density at radius 3 is 2.13 bits per heavy atom. The summed E-state index contributed by atoms with van der Waals surface area (Å²) in [5.41, 5.74) is 2.74. The van der Waals surface area contributed by atoms with Crippen LogP contribution in [0.5, 0.6) is 0 Å². The molecule has 7 nitrogen and oxygen atoms in total. The summed E-state index contributed by atoms with van der Waals surface area (Å²) >= 11 is 0. The Labute approximate surface area is 173 Å². The van der Waals surface area contributed by atoms with Gasteiger partial charge in [-0.3, -0.25) is 14.4 Å². The van der Waals surface area contributed by atoms with Gasteiger partial charge in [-0.2, -0.15) is 0 Å². The van der Waals surface area contributed by atoms with Crippen LogP contribution in [0.4, 0.5) is 11.4 Å². The van der Waals surface area contributed by atoms with Crippen molar-refractivity contribution in [2.24, 2.45) is 5.92 Å². The first-order chi connectivity index (χ1) is 14.6. The maximum absolute atomic E-state index is 12.3. The number of hydrogen-bond donors (Lipinski definition) is 3. The molecule has 1 saturated carbocycles. The Balaban J connectivity index is 1.27. The zero-order valence-electron chi connectivity index (χ0n) is 16.2. The van der Waals surface area contributed by atoms with E-state index < -0.39 is 0 Å². The number of carbonyl (C=O) groups is 3. The second kappa shape index (κ2) is 8.65. The second-order valence-corrected chi connectivity index (χ2v) is 7.15. The molecule has 0 unspecified atom stereocenters. The van der Waals surface area contributed by atoms with E-state index in [2.05, 4.69) is 16.0 Å². The van der Waals surface area contributed by atoms with Gasteiger partial charge in [0.1, 0.15) is 0 Å². The highest BCUT2D eigenvalue weighted by atomic mass is 16.3. The Morgan fingerprint density at radius 2 is 1.50 bits per heavy atom. The van der Waals surface area contributed by atoms with E-state index in [1.807, 2.05) is 12.1 Å². The number of benzene rings is 2. The summed E-state index contributed by atoms with van der Waals surface area (Å²) in [7, 11) is 0. The first kappa shape index (κ1) is 19.4. The number of rotatable bonds is 7. The summed E-state index contributed by atoms with van der Waals surface area (Å²) in [4.78, 5) is 36.1. The molecule has 0 atom stereocenters. The zero-order valence-corrected chi connectivity index (χ0v) is 16.2. The van der Waals surface area contributed by atoms with Gasteiger partial charge >= 0.3 is 0 Å². The number of hydrogen-bond acceptors (Lipinski definition) is 4. The van der Waals surface area contributed by atoms with Gasteiger partial charge in [0.15, 0.2) is 5.76 Å². The van der Waals surface area contributed by atoms with Crippen LogP contribution in [0.25, 0.3) is 0 Å². The summed E-state index contributed by atoms with van der Waals surface area (Å²) in [5, 5.41) is 8.45. The smallest absolute Gasteiger partial charge is 0.291 e. The van der Waals surface area contributed by atoms with Gasteiger partial charge in [0.25, 0.3) is 11.8 Å². The number of amides is 3. The highest BCUT2D eigenvalue weighted by molar-refractivity contribution is 6.02. The fourth-order valence-corrected chi connectivity index (χ4v) is 2.89. The highest BCUT2D eigenvalue weighted by Gasteiger charge is 2.29. The van der Waals surface area contributed by atoms with Crippen LogP contribution in [0.15, 0.2) is 71.3 Å². The predicted molar refractivity (Wildman–Crippen MR) is 112 cm³/mol. The average molecular weight is 403 g/mol. The minimum Gasteiger partial charge on any atom is -0.459 e. The van der Waals surface area contributed by atoms with Crippen molar-refractivity contribution in [1.29, 1.82) is 0 Å². The summed E-state index contributed by atoms with van der Waals surface area (Å²) < 4.78 is 5.06. The average Bonchev–Trinajstić information content (AvgIpc) is 3.47. The molecule has 1 aliphatic rings. The van der Waals surface area contributed by atoms with Crippen LogP contribution >= 0.6 is 0 Å². The van der Waals surface area contributed by atoms with Crippen LogP contribution in [-0.2, 0) is 11.3 Å². The molecule has 1 aromatic heterocycles. The molecule has 2 aromatic carbocycles. The van der Waals surface area contributed by atoms with Gasteiger partial charge in [0.05, 0.1) is 6.26 Å². The first-order valence-corrected chi connectivity index (χ1v) is 9.71. The lowest BCUT2D eigenvalue weighted by molar-refractivity contribution is -0.117. The third-order valence-corrected chi connectivity index (χ3v) is 4.77. The van der Waals surface area contributed by atoms with Crippen LogP contribution in [-0.4, -0.2) is 17.7 Å². The third kappa shape index (κ3) is 4.94. The van der Waals surface area contributed by atoms with Crippen LogP contribution in [0.1, 0.15) is 39.3 Å². The lowest BCUT2D eigenvalue weighted by atomic mass is 10.1. The molecule has 0 radical (unpaired) electrons. The SMILES string of the molecule is O=C(NCc1ccc(NC(=O)c2ccco2)cc1)c1ccc(NC(=O)C2CC2)cc1. The van der Waals surface area contributed by atoms with Crippen molar-refractivity contribution in [3.8, 4) is 0 Å². The fourth-order valence-electron chi connectivity index (χ4n) is 2.89. The summed E-state index contributed by atoms with van der Waals surface area (Å²) in [5.74, 6) is -0.110. The summed E-state index contributed by atoms with van der Waals surface area (Å²) in [6.07, 6.45) is 3.34. The van der Waals surface area contributed by atoms with E-state index in [1.54, 1.807) is 48.5 Å². The van der Waals surface area contributed by atoms with Gasteiger partial charge in [0.2, 0.25) is 5.91 Å². The van der Waals surface area contributed by atoms with E-state index in [0.717, 1.165) is 18.4 Å². The third-order valence-electron chi connectivity index (χ3n) is 4.77. The number of anilines is 2. The molecular formula is C23H21N3O4. The van der Waals surface area contributed by atoms with E-state index in [1.165, 1.54) is 6.26 Å². The Bertz CT molecular complexity index is 1040. The lowest BCUT2D eigenvalue weighted by Gasteiger charge is -2.08. The Kier molecular flexibility index (Phi) is 5.61. The number of nitrogens with one attached hydrogen (secondary N) is 3. The molecule has 1 aliphatic carbocycles. The lowest BCUT2D eigenvalue weighted by Crippen LogP contribution is -2.22. The topological polar surface area (TPSA) is 100 Å². The van der Waals surface area contributed by atoms with E-state index in [-0.39, 0.29) is 29.4 Å². The first-order valence-electron chi connectivity index (χ1n) is 9.71. The van der Waals surface area contributed by atoms with Crippen molar-refractivity contribution >= 4 is 29.1 Å². The van der Waals surface area contributed by atoms with Gasteiger partial charge in [-0.25, -0.2) is 0 Å². The van der Waals surface area contributed by atoms with Crippen LogP contribution in [0.2, 0.25) is 0 Å². The minimum absolute atomic E-state index is 0.0380. The van der Waals surface area contributed by atoms with Crippen LogP contribution in [0, 0.1) is 5.92 Å². The van der Waals surface area contributed by atoms with Crippen molar-refractivity contribution in [1.82, 2.24) is 5.32 Å². The summed E-state index contributed by atoms with van der Waals surface area (Å²) in [6.45, 7) is 0.353. The van der Waals surface area contributed by atoms with Crippen LogP contribution in [0.3, 0.4) is 0 Å². The van der Waals surface area contributed by atoms with E-state index >= 15 is 0 Å². The maximum Gasteiger partial charge on any atom is 0.291 e. The molecule has 1 fully saturated rings. The van der Waals surface area contributed by atoms with Gasteiger partial charge in [0, 0.05) is 29.4 Å². The minimum atomic E-state index is -0.321. The molecular weight excluding hydrogens is 382 g/mol. The van der Waals surface area contributed by atoms with Gasteiger partial charge in [-0.15, -0.1) is 0 Å². The second-order valence-electron chi connectivity index (χ2n) is 7.15.